The third-order valence-corrected chi connectivity index (χ3v) is 3.62. The fourth-order valence-corrected chi connectivity index (χ4v) is 2.60. The van der Waals surface area contributed by atoms with Crippen LogP contribution < -0.4 is 10.2 Å². The number of hydrogen-bond acceptors (Lipinski definition) is 3. The second-order valence-corrected chi connectivity index (χ2v) is 5.44. The molecule has 0 unspecified atom stereocenters. The molecule has 19 heavy (non-hydrogen) atoms. The molecule has 0 aliphatic carbocycles. The molecule has 7 heteroatoms. The number of aliphatic imine (C=N–C) groups is 1. The molecule has 4 nitrogen and oxygen atoms in total. The lowest BCUT2D eigenvalue weighted by molar-refractivity contribution is 0.251. The molecule has 2 rings (SSSR count). The van der Waals surface area contributed by atoms with E-state index < -0.39 is 17.7 Å². The van der Waals surface area contributed by atoms with Crippen molar-refractivity contribution in [2.75, 3.05) is 18.5 Å². The average Bonchev–Trinajstić information content (AvgIpc) is 2.78. The highest BCUT2D eigenvalue weighted by Crippen LogP contribution is 2.29. The van der Waals surface area contributed by atoms with Crippen LogP contribution in [0.2, 0.25) is 0 Å². The molecule has 1 atom stereocenters. The first kappa shape index (κ1) is 13.8. The maximum atomic E-state index is 13.8. The Kier molecular flexibility index (Phi) is 4.04. The number of amidine groups is 1. The van der Waals surface area contributed by atoms with Crippen LogP contribution >= 0.6 is 11.8 Å². The topological polar surface area (TPSA) is 44.7 Å². The second-order valence-electron chi connectivity index (χ2n) is 4.04. The van der Waals surface area contributed by atoms with Crippen molar-refractivity contribution in [1.82, 2.24) is 5.32 Å². The zero-order valence-corrected chi connectivity index (χ0v) is 11.3. The molecule has 0 fully saturated rings. The van der Waals surface area contributed by atoms with Gasteiger partial charge >= 0.3 is 6.03 Å². The quantitative estimate of drug-likeness (QED) is 0.862. The number of carbonyl (C=O) groups excluding carboxylic acids is 1. The first-order valence-electron chi connectivity index (χ1n) is 5.71. The van der Waals surface area contributed by atoms with Gasteiger partial charge in [0.05, 0.1) is 12.2 Å². The highest BCUT2D eigenvalue weighted by atomic mass is 32.2. The Morgan fingerprint density at radius 3 is 2.79 bits per heavy atom. The van der Waals surface area contributed by atoms with E-state index in [1.54, 1.807) is 0 Å². The van der Waals surface area contributed by atoms with Crippen molar-refractivity contribution in [1.29, 1.82) is 0 Å². The van der Waals surface area contributed by atoms with Crippen LogP contribution in [0.4, 0.5) is 19.3 Å². The molecule has 1 aromatic rings. The number of halogens is 2. The fraction of sp³-hybridized carbons (Fsp3) is 0.333. The smallest absolute Gasteiger partial charge is 0.327 e. The number of nitrogens with one attached hydrogen (secondary N) is 1. The van der Waals surface area contributed by atoms with E-state index in [2.05, 4.69) is 10.3 Å². The zero-order chi connectivity index (χ0) is 14.0. The van der Waals surface area contributed by atoms with Crippen LogP contribution in [0.1, 0.15) is 6.92 Å². The Bertz CT molecular complexity index is 536. The van der Waals surface area contributed by atoms with Crippen LogP contribution in [0.15, 0.2) is 23.2 Å². The van der Waals surface area contributed by atoms with E-state index in [0.29, 0.717) is 11.7 Å². The van der Waals surface area contributed by atoms with Crippen molar-refractivity contribution in [3.63, 3.8) is 0 Å². The predicted octanol–water partition coefficient (Wildman–Crippen LogP) is 2.60. The van der Waals surface area contributed by atoms with Crippen LogP contribution in [-0.4, -0.2) is 30.0 Å². The standard InChI is InChI=1S/C12H13F2N3OS/c1-7-6-16-12(19-7)17(11(18)15-2)10-4-3-8(13)5-9(10)14/h3-5,7H,6H2,1-2H3,(H,15,18)/t7-/m1/s1. The summed E-state index contributed by atoms with van der Waals surface area (Å²) < 4.78 is 26.8. The van der Waals surface area contributed by atoms with Crippen molar-refractivity contribution in [3.8, 4) is 0 Å². The molecule has 0 aromatic heterocycles. The summed E-state index contributed by atoms with van der Waals surface area (Å²) in [6.07, 6.45) is 0. The predicted molar refractivity (Wildman–Crippen MR) is 72.6 cm³/mol. The number of anilines is 1. The SMILES string of the molecule is CNC(=O)N(C1=NC[C@@H](C)S1)c1ccc(F)cc1F. The van der Waals surface area contributed by atoms with Gasteiger partial charge < -0.3 is 5.32 Å². The van der Waals surface area contributed by atoms with Crippen LogP contribution in [0, 0.1) is 11.6 Å². The molecule has 1 aliphatic rings. The fourth-order valence-electron chi connectivity index (χ4n) is 1.66. The minimum Gasteiger partial charge on any atom is -0.340 e. The normalized spacial score (nSPS) is 18.1. The van der Waals surface area contributed by atoms with Crippen molar-refractivity contribution in [2.45, 2.75) is 12.2 Å². The zero-order valence-electron chi connectivity index (χ0n) is 10.5. The first-order chi connectivity index (χ1) is 9.02. The van der Waals surface area contributed by atoms with Crippen LogP contribution in [0.25, 0.3) is 0 Å². The number of amides is 2. The Hall–Kier alpha value is -1.63. The van der Waals surface area contributed by atoms with Crippen LogP contribution in [0.5, 0.6) is 0 Å². The summed E-state index contributed by atoms with van der Waals surface area (Å²) in [6, 6.07) is 2.57. The largest absolute Gasteiger partial charge is 0.340 e. The van der Waals surface area contributed by atoms with Crippen molar-refractivity contribution in [2.24, 2.45) is 4.99 Å². The molecular weight excluding hydrogens is 272 g/mol. The van der Waals surface area contributed by atoms with Crippen molar-refractivity contribution in [3.05, 3.63) is 29.8 Å². The Morgan fingerprint density at radius 1 is 1.53 bits per heavy atom. The Labute approximate surface area is 113 Å². The summed E-state index contributed by atoms with van der Waals surface area (Å²) in [5, 5.41) is 3.07. The number of thioether (sulfide) groups is 1. The van der Waals surface area contributed by atoms with Gasteiger partial charge in [0.25, 0.3) is 0 Å². The summed E-state index contributed by atoms with van der Waals surface area (Å²) in [6.45, 7) is 2.53. The van der Waals surface area contributed by atoms with Crippen LogP contribution in [0.3, 0.4) is 0 Å². The molecule has 0 spiro atoms. The maximum absolute atomic E-state index is 13.8. The molecule has 1 aliphatic heterocycles. The third-order valence-electron chi connectivity index (χ3n) is 2.55. The van der Waals surface area contributed by atoms with E-state index in [0.717, 1.165) is 17.0 Å². The van der Waals surface area contributed by atoms with Gasteiger partial charge in [0.1, 0.15) is 11.6 Å². The molecule has 0 radical (unpaired) electrons. The van der Waals surface area contributed by atoms with Gasteiger partial charge in [0.2, 0.25) is 0 Å². The average molecular weight is 285 g/mol. The summed E-state index contributed by atoms with van der Waals surface area (Å²) in [5.41, 5.74) is -0.0129. The molecule has 1 heterocycles. The number of rotatable bonds is 1. The lowest BCUT2D eigenvalue weighted by atomic mass is 10.3. The molecule has 2 amide bonds. The number of urea groups is 1. The van der Waals surface area contributed by atoms with Gasteiger partial charge in [0, 0.05) is 18.4 Å². The van der Waals surface area contributed by atoms with Gasteiger partial charge in [-0.1, -0.05) is 18.7 Å². The summed E-state index contributed by atoms with van der Waals surface area (Å²) in [7, 11) is 1.44. The van der Waals surface area contributed by atoms with E-state index in [9.17, 15) is 13.6 Å². The third kappa shape index (κ3) is 2.86. The molecule has 0 saturated carbocycles. The van der Waals surface area contributed by atoms with E-state index in [4.69, 9.17) is 0 Å². The minimum absolute atomic E-state index is 0.0129. The Balaban J connectivity index is 2.40. The number of benzene rings is 1. The van der Waals surface area contributed by atoms with Gasteiger partial charge in [0.15, 0.2) is 5.17 Å². The van der Waals surface area contributed by atoms with Crippen LogP contribution in [-0.2, 0) is 0 Å². The lowest BCUT2D eigenvalue weighted by Gasteiger charge is -2.22. The number of carbonyl (C=O) groups is 1. The minimum atomic E-state index is -0.800. The summed E-state index contributed by atoms with van der Waals surface area (Å²) >= 11 is 1.38. The van der Waals surface area contributed by atoms with E-state index in [1.165, 1.54) is 24.9 Å². The molecule has 0 bridgehead atoms. The van der Waals surface area contributed by atoms with E-state index in [1.807, 2.05) is 6.92 Å². The van der Waals surface area contributed by atoms with Gasteiger partial charge in [-0.25, -0.2) is 18.5 Å². The molecule has 1 N–H and O–H groups in total. The van der Waals surface area contributed by atoms with Gasteiger partial charge in [-0.2, -0.15) is 0 Å². The Morgan fingerprint density at radius 2 is 2.26 bits per heavy atom. The monoisotopic (exact) mass is 285 g/mol. The molecule has 102 valence electrons. The molecule has 1 aromatic carbocycles. The maximum Gasteiger partial charge on any atom is 0.327 e. The highest BCUT2D eigenvalue weighted by molar-refractivity contribution is 8.15. The van der Waals surface area contributed by atoms with Gasteiger partial charge in [-0.05, 0) is 12.1 Å². The first-order valence-corrected chi connectivity index (χ1v) is 6.59. The van der Waals surface area contributed by atoms with Gasteiger partial charge in [-0.3, -0.25) is 4.99 Å². The number of hydrogen-bond donors (Lipinski definition) is 1. The van der Waals surface area contributed by atoms with Crippen molar-refractivity contribution >= 4 is 28.6 Å². The highest BCUT2D eigenvalue weighted by Gasteiger charge is 2.28. The van der Waals surface area contributed by atoms with E-state index >= 15 is 0 Å². The van der Waals surface area contributed by atoms with E-state index in [-0.39, 0.29) is 10.9 Å². The molecule has 0 saturated heterocycles. The summed E-state index contributed by atoms with van der Waals surface area (Å²) in [4.78, 5) is 17.2. The summed E-state index contributed by atoms with van der Waals surface area (Å²) in [5.74, 6) is -1.49. The second kappa shape index (κ2) is 5.56. The van der Waals surface area contributed by atoms with Crippen molar-refractivity contribution < 1.29 is 13.6 Å². The molecular formula is C12H13F2N3OS. The van der Waals surface area contributed by atoms with Gasteiger partial charge in [-0.15, -0.1) is 0 Å². The lowest BCUT2D eigenvalue weighted by Crippen LogP contribution is -2.41. The number of nitrogens with zero attached hydrogens (tertiary/aromatic N) is 2.